The molecule has 1 aromatic carbocycles. The first-order chi connectivity index (χ1) is 16.2. The number of benzene rings is 1. The molecule has 10 heteroatoms. The van der Waals surface area contributed by atoms with Gasteiger partial charge in [-0.3, -0.25) is 9.78 Å². The summed E-state index contributed by atoms with van der Waals surface area (Å²) in [7, 11) is -4.11. The van der Waals surface area contributed by atoms with Gasteiger partial charge in [0.25, 0.3) is 15.9 Å². The summed E-state index contributed by atoms with van der Waals surface area (Å²) in [5.74, 6) is -1.07. The number of carbonyl (C=O) groups is 1. The van der Waals surface area contributed by atoms with E-state index in [0.717, 1.165) is 24.8 Å². The van der Waals surface area contributed by atoms with Crippen LogP contribution in [0.3, 0.4) is 0 Å². The van der Waals surface area contributed by atoms with Crippen LogP contribution < -0.4 is 5.32 Å². The second-order valence-corrected chi connectivity index (χ2v) is 11.2. The minimum atomic E-state index is -4.11. The zero-order valence-corrected chi connectivity index (χ0v) is 19.2. The normalized spacial score (nSPS) is 31.1. The highest BCUT2D eigenvalue weighted by Gasteiger charge is 2.64. The van der Waals surface area contributed by atoms with Gasteiger partial charge in [-0.25, -0.2) is 4.39 Å². The maximum Gasteiger partial charge on any atom is 0.287 e. The maximum atomic E-state index is 14.0. The van der Waals surface area contributed by atoms with Crippen molar-refractivity contribution in [1.82, 2.24) is 9.88 Å². The van der Waals surface area contributed by atoms with Crippen LogP contribution in [0, 0.1) is 23.6 Å². The summed E-state index contributed by atoms with van der Waals surface area (Å²) in [6.07, 6.45) is 5.42. The van der Waals surface area contributed by atoms with Gasteiger partial charge in [-0.2, -0.15) is 8.42 Å². The fourth-order valence-corrected chi connectivity index (χ4v) is 7.51. The molecule has 3 heterocycles. The number of sulfonamides is 1. The summed E-state index contributed by atoms with van der Waals surface area (Å²) < 4.78 is 43.0. The number of aliphatic hydroxyl groups is 1. The molecule has 2 bridgehead atoms. The van der Waals surface area contributed by atoms with Gasteiger partial charge in [-0.15, -0.1) is 4.40 Å². The number of nitrogens with one attached hydrogen (secondary N) is 1. The number of nitrogens with zero attached hydrogens (tertiary/aromatic N) is 3. The molecule has 1 aromatic heterocycles. The fraction of sp³-hybridized carbons (Fsp3) is 0.375. The number of fused-ring (bicyclic) bond motifs is 6. The van der Waals surface area contributed by atoms with E-state index in [-0.39, 0.29) is 57.9 Å². The van der Waals surface area contributed by atoms with E-state index in [1.807, 2.05) is 6.92 Å². The third-order valence-electron chi connectivity index (χ3n) is 8.01. The van der Waals surface area contributed by atoms with Gasteiger partial charge in [0.1, 0.15) is 22.0 Å². The Bertz CT molecular complexity index is 1390. The summed E-state index contributed by atoms with van der Waals surface area (Å²) >= 11 is 0. The molecule has 4 aliphatic rings. The lowest BCUT2D eigenvalue weighted by Gasteiger charge is -2.52. The van der Waals surface area contributed by atoms with E-state index in [2.05, 4.69) is 14.7 Å². The van der Waals surface area contributed by atoms with Crippen LogP contribution in [0.25, 0.3) is 0 Å². The highest BCUT2D eigenvalue weighted by molar-refractivity contribution is 7.90. The molecule has 6 rings (SSSR count). The van der Waals surface area contributed by atoms with Gasteiger partial charge in [-0.1, -0.05) is 12.1 Å². The first-order valence-electron chi connectivity index (χ1n) is 11.3. The number of rotatable bonds is 3. The minimum absolute atomic E-state index is 0.0879. The van der Waals surface area contributed by atoms with Gasteiger partial charge in [0.15, 0.2) is 5.84 Å². The molecule has 0 radical (unpaired) electrons. The third kappa shape index (κ3) is 2.87. The molecule has 8 nitrogen and oxygen atoms in total. The lowest BCUT2D eigenvalue weighted by molar-refractivity contribution is -0.141. The first-order valence-corrected chi connectivity index (χ1v) is 12.7. The largest absolute Gasteiger partial charge is 0.511 e. The highest BCUT2D eigenvalue weighted by Crippen LogP contribution is 2.61. The van der Waals surface area contributed by atoms with Crippen LogP contribution >= 0.6 is 0 Å². The quantitative estimate of drug-likeness (QED) is 0.694. The van der Waals surface area contributed by atoms with Gasteiger partial charge in [0.2, 0.25) is 0 Å². The lowest BCUT2D eigenvalue weighted by atomic mass is 9.68. The number of pyridine rings is 1. The predicted octanol–water partition coefficient (Wildman–Crippen LogP) is 3.39. The molecule has 2 aromatic rings. The van der Waals surface area contributed by atoms with Crippen LogP contribution in [-0.4, -0.2) is 40.7 Å². The first kappa shape index (κ1) is 21.3. The molecule has 0 saturated heterocycles. The Morgan fingerprint density at radius 1 is 1.24 bits per heavy atom. The van der Waals surface area contributed by atoms with Gasteiger partial charge >= 0.3 is 0 Å². The topological polar surface area (TPSA) is 112 Å². The van der Waals surface area contributed by atoms with Gasteiger partial charge < -0.3 is 15.3 Å². The number of anilines is 1. The predicted molar refractivity (Wildman–Crippen MR) is 122 cm³/mol. The molecule has 2 N–H and O–H groups in total. The van der Waals surface area contributed by atoms with E-state index in [0.29, 0.717) is 0 Å². The molecule has 2 fully saturated rings. The zero-order chi connectivity index (χ0) is 23.8. The van der Waals surface area contributed by atoms with Crippen LogP contribution in [-0.2, 0) is 21.4 Å². The van der Waals surface area contributed by atoms with Crippen molar-refractivity contribution in [3.8, 4) is 0 Å². The Morgan fingerprint density at radius 2 is 2.00 bits per heavy atom. The summed E-state index contributed by atoms with van der Waals surface area (Å²) in [5, 5.41) is 14.4. The van der Waals surface area contributed by atoms with Crippen LogP contribution in [0.2, 0.25) is 0 Å². The molecule has 0 unspecified atom stereocenters. The van der Waals surface area contributed by atoms with Crippen molar-refractivity contribution in [3.63, 3.8) is 0 Å². The number of amides is 1. The number of halogens is 1. The minimum Gasteiger partial charge on any atom is -0.511 e. The smallest absolute Gasteiger partial charge is 0.287 e. The van der Waals surface area contributed by atoms with Crippen LogP contribution in [0.5, 0.6) is 0 Å². The number of aliphatic hydroxyl groups excluding tert-OH is 1. The van der Waals surface area contributed by atoms with Crippen molar-refractivity contribution in [2.24, 2.45) is 22.2 Å². The van der Waals surface area contributed by atoms with Crippen LogP contribution in [0.4, 0.5) is 10.1 Å². The molecule has 34 heavy (non-hydrogen) atoms. The maximum absolute atomic E-state index is 14.0. The molecular formula is C24H23FN4O4S. The molecule has 2 aliphatic carbocycles. The van der Waals surface area contributed by atoms with Crippen LogP contribution in [0.1, 0.15) is 31.7 Å². The number of amidine groups is 1. The van der Waals surface area contributed by atoms with E-state index in [9.17, 15) is 22.7 Å². The summed E-state index contributed by atoms with van der Waals surface area (Å²) in [5.41, 5.74) is 0.251. The molecule has 1 amide bonds. The molecule has 4 atom stereocenters. The summed E-state index contributed by atoms with van der Waals surface area (Å²) in [4.78, 5) is 19.4. The Labute approximate surface area is 196 Å². The van der Waals surface area contributed by atoms with Gasteiger partial charge in [-0.05, 0) is 61.8 Å². The van der Waals surface area contributed by atoms with Crippen molar-refractivity contribution < 1.29 is 22.7 Å². The molecule has 2 aliphatic heterocycles. The standard InChI is InChI=1S/C24H23FN4O4S/c1-24-15-5-4-14(10-15)20(24)21(30)19(23(31)29(24)12-13-2-6-16(25)7-3-13)22-27-17-8-9-26-11-18(17)34(32,33)28-22/h2-3,6-9,11,14-15,20,30H,4-5,10,12H2,1H3,(H,27,28)/t14-,15+,20-,24-/m0/s1. The monoisotopic (exact) mass is 482 g/mol. The van der Waals surface area contributed by atoms with Crippen molar-refractivity contribution in [3.05, 3.63) is 65.4 Å². The van der Waals surface area contributed by atoms with Gasteiger partial charge in [0, 0.05) is 24.9 Å². The SMILES string of the molecule is C[C@]12[C@@H]3CC[C@@H](C3)[C@H]1C(O)=C(C1=NS(=O)(=O)c3cnccc3N1)C(=O)N2Cc1ccc(F)cc1. The molecule has 176 valence electrons. The molecule has 2 saturated carbocycles. The zero-order valence-electron chi connectivity index (χ0n) is 18.4. The second-order valence-electron chi connectivity index (χ2n) is 9.66. The fourth-order valence-electron chi connectivity index (χ4n) is 6.44. The Balaban J connectivity index is 1.49. The molecular weight excluding hydrogens is 459 g/mol. The van der Waals surface area contributed by atoms with E-state index >= 15 is 0 Å². The van der Waals surface area contributed by atoms with Crippen molar-refractivity contribution in [1.29, 1.82) is 0 Å². The van der Waals surface area contributed by atoms with E-state index in [1.165, 1.54) is 30.6 Å². The Morgan fingerprint density at radius 3 is 2.76 bits per heavy atom. The van der Waals surface area contributed by atoms with Crippen molar-refractivity contribution in [2.45, 2.75) is 43.2 Å². The average Bonchev–Trinajstić information content (AvgIpc) is 3.38. The number of aromatic nitrogens is 1. The number of hydrogen-bond donors (Lipinski definition) is 2. The number of hydrogen-bond acceptors (Lipinski definition) is 6. The number of carbonyl (C=O) groups excluding carboxylic acids is 1. The summed E-state index contributed by atoms with van der Waals surface area (Å²) in [6, 6.07) is 7.46. The third-order valence-corrected chi connectivity index (χ3v) is 9.31. The Hall–Kier alpha value is -3.27. The van der Waals surface area contributed by atoms with Crippen LogP contribution in [0.15, 0.2) is 63.4 Å². The van der Waals surface area contributed by atoms with Gasteiger partial charge in [0.05, 0.1) is 11.2 Å². The highest BCUT2D eigenvalue weighted by atomic mass is 32.2. The second kappa shape index (κ2) is 7.11. The van der Waals surface area contributed by atoms with E-state index in [4.69, 9.17) is 0 Å². The van der Waals surface area contributed by atoms with Crippen molar-refractivity contribution >= 4 is 27.5 Å². The lowest BCUT2D eigenvalue weighted by Crippen LogP contribution is -2.61. The van der Waals surface area contributed by atoms with E-state index < -0.39 is 21.5 Å². The Kier molecular flexibility index (Phi) is 4.45. The molecule has 0 spiro atoms. The van der Waals surface area contributed by atoms with E-state index in [1.54, 1.807) is 17.0 Å². The average molecular weight is 483 g/mol. The summed E-state index contributed by atoms with van der Waals surface area (Å²) in [6.45, 7) is 2.22. The van der Waals surface area contributed by atoms with Crippen molar-refractivity contribution in [2.75, 3.05) is 5.32 Å².